The largest absolute Gasteiger partial charge is 0.480 e. The normalized spacial score (nSPS) is 14.1. The minimum Gasteiger partial charge on any atom is -0.480 e. The maximum Gasteiger partial charge on any atom is 0.329 e. The van der Waals surface area contributed by atoms with E-state index in [1.165, 1.54) is 18.3 Å². The van der Waals surface area contributed by atoms with Gasteiger partial charge in [-0.15, -0.1) is 11.3 Å². The molecular weight excluding hydrogens is 240 g/mol. The number of aromatic nitrogens is 1. The lowest BCUT2D eigenvalue weighted by Crippen LogP contribution is -2.52. The molecule has 0 aliphatic carbocycles. The first-order valence-electron chi connectivity index (χ1n) is 5.37. The van der Waals surface area contributed by atoms with E-state index in [1.54, 1.807) is 12.3 Å². The van der Waals surface area contributed by atoms with Crippen LogP contribution in [0.4, 0.5) is 0 Å². The zero-order valence-corrected chi connectivity index (χ0v) is 10.9. The minimum atomic E-state index is -1.23. The Balaban J connectivity index is 2.81. The molecule has 1 rings (SSSR count). The summed E-state index contributed by atoms with van der Waals surface area (Å²) in [6, 6.07) is 0. The fourth-order valence-electron chi connectivity index (χ4n) is 1.51. The Morgan fingerprint density at radius 2 is 2.24 bits per heavy atom. The molecule has 1 unspecified atom stereocenters. The molecule has 0 spiro atoms. The van der Waals surface area contributed by atoms with Gasteiger partial charge in [0.2, 0.25) is 0 Å². The van der Waals surface area contributed by atoms with E-state index in [2.05, 4.69) is 10.3 Å². The first kappa shape index (κ1) is 13.6. The summed E-state index contributed by atoms with van der Waals surface area (Å²) < 4.78 is 0. The second kappa shape index (κ2) is 5.27. The van der Waals surface area contributed by atoms with Crippen molar-refractivity contribution in [2.75, 3.05) is 0 Å². The molecule has 1 aromatic heterocycles. The molecule has 0 bridgehead atoms. The Kier molecular flexibility index (Phi) is 4.22. The number of nitrogens with one attached hydrogen (secondary N) is 1. The molecule has 2 N–H and O–H groups in total. The quantitative estimate of drug-likeness (QED) is 0.842. The van der Waals surface area contributed by atoms with Crippen molar-refractivity contribution in [3.8, 4) is 0 Å². The second-order valence-electron chi connectivity index (χ2n) is 4.09. The van der Waals surface area contributed by atoms with Gasteiger partial charge in [-0.1, -0.05) is 13.3 Å². The number of carboxylic acids is 1. The lowest BCUT2D eigenvalue weighted by molar-refractivity contribution is -0.144. The van der Waals surface area contributed by atoms with Gasteiger partial charge in [0, 0.05) is 5.38 Å². The van der Waals surface area contributed by atoms with Crippen molar-refractivity contribution in [1.29, 1.82) is 0 Å². The van der Waals surface area contributed by atoms with Crippen LogP contribution in [0.1, 0.15) is 42.2 Å². The van der Waals surface area contributed by atoms with Crippen LogP contribution in [-0.2, 0) is 4.79 Å². The van der Waals surface area contributed by atoms with Crippen molar-refractivity contribution < 1.29 is 14.7 Å². The maximum atomic E-state index is 11.8. The summed E-state index contributed by atoms with van der Waals surface area (Å²) in [7, 11) is 0. The standard InChI is InChI=1S/C11H16N2O3S/c1-4-5-11(3,10(15)16)13-9(14)8-6-17-7(2)12-8/h6H,4-5H2,1-3H3,(H,13,14)(H,15,16). The average Bonchev–Trinajstić information content (AvgIpc) is 2.65. The van der Waals surface area contributed by atoms with E-state index in [0.29, 0.717) is 12.8 Å². The van der Waals surface area contributed by atoms with Gasteiger partial charge in [-0.25, -0.2) is 9.78 Å². The van der Waals surface area contributed by atoms with Crippen LogP contribution in [0, 0.1) is 6.92 Å². The number of aryl methyl sites for hydroxylation is 1. The first-order valence-corrected chi connectivity index (χ1v) is 6.25. The highest BCUT2D eigenvalue weighted by atomic mass is 32.1. The molecule has 1 amide bonds. The maximum absolute atomic E-state index is 11.8. The second-order valence-corrected chi connectivity index (χ2v) is 5.16. The number of carbonyl (C=O) groups excluding carboxylic acids is 1. The zero-order valence-electron chi connectivity index (χ0n) is 10.1. The number of amides is 1. The molecule has 5 nitrogen and oxygen atoms in total. The van der Waals surface area contributed by atoms with E-state index in [0.717, 1.165) is 5.01 Å². The molecule has 1 heterocycles. The van der Waals surface area contributed by atoms with Crippen molar-refractivity contribution in [3.05, 3.63) is 16.1 Å². The molecule has 0 aliphatic heterocycles. The van der Waals surface area contributed by atoms with Gasteiger partial charge in [-0.3, -0.25) is 4.79 Å². The van der Waals surface area contributed by atoms with Gasteiger partial charge in [0.05, 0.1) is 5.01 Å². The van der Waals surface area contributed by atoms with Gasteiger partial charge < -0.3 is 10.4 Å². The summed E-state index contributed by atoms with van der Waals surface area (Å²) in [4.78, 5) is 27.0. The number of rotatable bonds is 5. The number of carboxylic acid groups (broad SMARTS) is 1. The van der Waals surface area contributed by atoms with E-state index in [1.807, 2.05) is 6.92 Å². The summed E-state index contributed by atoms with van der Waals surface area (Å²) in [5, 5.41) is 14.1. The lowest BCUT2D eigenvalue weighted by Gasteiger charge is -2.25. The molecule has 0 aromatic carbocycles. The van der Waals surface area contributed by atoms with Crippen LogP contribution in [-0.4, -0.2) is 27.5 Å². The molecule has 1 aromatic rings. The third-order valence-corrected chi connectivity index (χ3v) is 3.24. The smallest absolute Gasteiger partial charge is 0.329 e. The molecular formula is C11H16N2O3S. The van der Waals surface area contributed by atoms with Gasteiger partial charge in [0.25, 0.3) is 5.91 Å². The predicted octanol–water partition coefficient (Wildman–Crippen LogP) is 1.82. The molecule has 0 fully saturated rings. The van der Waals surface area contributed by atoms with Gasteiger partial charge in [0.15, 0.2) is 0 Å². The summed E-state index contributed by atoms with van der Waals surface area (Å²) in [6.07, 6.45) is 1.07. The molecule has 0 radical (unpaired) electrons. The Morgan fingerprint density at radius 3 is 2.65 bits per heavy atom. The highest BCUT2D eigenvalue weighted by Gasteiger charge is 2.34. The van der Waals surface area contributed by atoms with Gasteiger partial charge in [-0.2, -0.15) is 0 Å². The molecule has 1 atom stereocenters. The van der Waals surface area contributed by atoms with E-state index >= 15 is 0 Å². The molecule has 0 saturated carbocycles. The number of hydrogen-bond acceptors (Lipinski definition) is 4. The monoisotopic (exact) mass is 256 g/mol. The Morgan fingerprint density at radius 1 is 1.59 bits per heavy atom. The van der Waals surface area contributed by atoms with Crippen molar-refractivity contribution in [2.45, 2.75) is 39.2 Å². The number of thiazole rings is 1. The molecule has 0 aliphatic rings. The van der Waals surface area contributed by atoms with Gasteiger partial charge in [-0.05, 0) is 20.3 Å². The summed E-state index contributed by atoms with van der Waals surface area (Å²) >= 11 is 1.36. The number of nitrogens with zero attached hydrogens (tertiary/aromatic N) is 1. The fraction of sp³-hybridized carbons (Fsp3) is 0.545. The van der Waals surface area contributed by atoms with Crippen LogP contribution in [0.15, 0.2) is 5.38 Å². The van der Waals surface area contributed by atoms with Gasteiger partial charge in [0.1, 0.15) is 11.2 Å². The van der Waals surface area contributed by atoms with Crippen molar-refractivity contribution in [3.63, 3.8) is 0 Å². The highest BCUT2D eigenvalue weighted by molar-refractivity contribution is 7.09. The third kappa shape index (κ3) is 3.26. The lowest BCUT2D eigenvalue weighted by atomic mass is 9.96. The number of aliphatic carboxylic acids is 1. The van der Waals surface area contributed by atoms with Crippen LogP contribution in [0.25, 0.3) is 0 Å². The predicted molar refractivity (Wildman–Crippen MR) is 65.3 cm³/mol. The summed E-state index contributed by atoms with van der Waals surface area (Å²) in [5.41, 5.74) is -0.959. The zero-order chi connectivity index (χ0) is 13.1. The summed E-state index contributed by atoms with van der Waals surface area (Å²) in [5.74, 6) is -1.47. The SMILES string of the molecule is CCCC(C)(NC(=O)c1csc(C)n1)C(=O)O. The Bertz CT molecular complexity index is 430. The highest BCUT2D eigenvalue weighted by Crippen LogP contribution is 2.15. The van der Waals surface area contributed by atoms with Crippen molar-refractivity contribution >= 4 is 23.2 Å². The molecule has 94 valence electrons. The number of hydrogen-bond donors (Lipinski definition) is 2. The molecule has 17 heavy (non-hydrogen) atoms. The van der Waals surface area contributed by atoms with Crippen LogP contribution in [0.3, 0.4) is 0 Å². The van der Waals surface area contributed by atoms with Crippen LogP contribution in [0.5, 0.6) is 0 Å². The topological polar surface area (TPSA) is 79.3 Å². The fourth-order valence-corrected chi connectivity index (χ4v) is 2.10. The first-order chi connectivity index (χ1) is 7.89. The van der Waals surface area contributed by atoms with E-state index in [4.69, 9.17) is 5.11 Å². The number of carbonyl (C=O) groups is 2. The van der Waals surface area contributed by atoms with Crippen LogP contribution < -0.4 is 5.32 Å². The molecule has 0 saturated heterocycles. The van der Waals surface area contributed by atoms with Crippen molar-refractivity contribution in [2.24, 2.45) is 0 Å². The average molecular weight is 256 g/mol. The van der Waals surface area contributed by atoms with Crippen molar-refractivity contribution in [1.82, 2.24) is 10.3 Å². The minimum absolute atomic E-state index is 0.274. The van der Waals surface area contributed by atoms with E-state index in [9.17, 15) is 9.59 Å². The summed E-state index contributed by atoms with van der Waals surface area (Å²) in [6.45, 7) is 5.18. The Hall–Kier alpha value is -1.43. The van der Waals surface area contributed by atoms with E-state index in [-0.39, 0.29) is 5.69 Å². The Labute approximate surface area is 104 Å². The van der Waals surface area contributed by atoms with Gasteiger partial charge >= 0.3 is 5.97 Å². The van der Waals surface area contributed by atoms with E-state index < -0.39 is 17.4 Å². The molecule has 6 heteroatoms. The third-order valence-electron chi connectivity index (χ3n) is 2.46. The van der Waals surface area contributed by atoms with Crippen LogP contribution >= 0.6 is 11.3 Å². The van der Waals surface area contributed by atoms with Crippen LogP contribution in [0.2, 0.25) is 0 Å².